The Morgan fingerprint density at radius 1 is 1.33 bits per heavy atom. The molecule has 2 N–H and O–H groups in total. The number of nitrogens with two attached hydrogens (primary N) is 1. The molecule has 0 aliphatic carbocycles. The molecule has 1 amide bonds. The number of carbonyl (C=O) groups is 1. The largest absolute Gasteiger partial charge is 0.488 e. The summed E-state index contributed by atoms with van der Waals surface area (Å²) in [6.45, 7) is 5.33. The van der Waals surface area contributed by atoms with Crippen molar-refractivity contribution in [2.75, 3.05) is 37.3 Å². The smallest absolute Gasteiger partial charge is 0.241 e. The fourth-order valence-electron chi connectivity index (χ4n) is 2.37. The second-order valence-corrected chi connectivity index (χ2v) is 5.60. The molecule has 1 fully saturated rings. The second-order valence-electron chi connectivity index (χ2n) is 5.60. The molecule has 0 saturated carbocycles. The van der Waals surface area contributed by atoms with Crippen molar-refractivity contribution >= 4 is 17.3 Å². The van der Waals surface area contributed by atoms with Crippen molar-refractivity contribution in [1.82, 2.24) is 4.90 Å². The van der Waals surface area contributed by atoms with E-state index >= 15 is 0 Å². The van der Waals surface area contributed by atoms with Gasteiger partial charge in [-0.3, -0.25) is 4.79 Å². The summed E-state index contributed by atoms with van der Waals surface area (Å²) in [6, 6.07) is 2.84. The number of hydrogen-bond acceptors (Lipinski definition) is 4. The number of carbonyl (C=O) groups excluding carboxylic acids is 1. The van der Waals surface area contributed by atoms with Gasteiger partial charge in [0, 0.05) is 32.3 Å². The Hall–Kier alpha value is -1.98. The Kier molecular flexibility index (Phi) is 4.55. The monoisotopic (exact) mass is 295 g/mol. The molecule has 1 aromatic carbocycles. The minimum absolute atomic E-state index is 0.0301. The summed E-state index contributed by atoms with van der Waals surface area (Å²) in [7, 11) is 1.78. The van der Waals surface area contributed by atoms with E-state index in [0.717, 1.165) is 6.42 Å². The highest BCUT2D eigenvalue weighted by Crippen LogP contribution is 2.32. The maximum Gasteiger partial charge on any atom is 0.241 e. The van der Waals surface area contributed by atoms with Gasteiger partial charge < -0.3 is 20.3 Å². The zero-order chi connectivity index (χ0) is 15.6. The van der Waals surface area contributed by atoms with Crippen molar-refractivity contribution in [2.45, 2.75) is 26.4 Å². The van der Waals surface area contributed by atoms with Crippen LogP contribution in [0.1, 0.15) is 20.3 Å². The van der Waals surface area contributed by atoms with Crippen molar-refractivity contribution < 1.29 is 13.9 Å². The van der Waals surface area contributed by atoms with Gasteiger partial charge in [-0.2, -0.15) is 0 Å². The van der Waals surface area contributed by atoms with E-state index in [-0.39, 0.29) is 24.3 Å². The zero-order valence-corrected chi connectivity index (χ0v) is 12.7. The second kappa shape index (κ2) is 6.20. The standard InChI is InChI=1S/C15H22FN3O2/c1-10(2)21-14-8-13(12(17)7-11(14)16)19-6-4-5-18(3)15(20)9-19/h7-8,10H,4-6,9,17H2,1-3H3. The van der Waals surface area contributed by atoms with Crippen molar-refractivity contribution in [3.05, 3.63) is 17.9 Å². The van der Waals surface area contributed by atoms with Gasteiger partial charge in [0.2, 0.25) is 5.91 Å². The van der Waals surface area contributed by atoms with Crippen LogP contribution in [0.25, 0.3) is 0 Å². The van der Waals surface area contributed by atoms with Gasteiger partial charge in [-0.05, 0) is 20.3 Å². The van der Waals surface area contributed by atoms with Crippen LogP contribution in [0.15, 0.2) is 12.1 Å². The van der Waals surface area contributed by atoms with E-state index in [9.17, 15) is 9.18 Å². The van der Waals surface area contributed by atoms with Crippen molar-refractivity contribution in [3.8, 4) is 5.75 Å². The molecule has 1 aliphatic heterocycles. The Morgan fingerprint density at radius 3 is 2.71 bits per heavy atom. The van der Waals surface area contributed by atoms with Crippen molar-refractivity contribution in [1.29, 1.82) is 0 Å². The first-order valence-corrected chi connectivity index (χ1v) is 7.13. The van der Waals surface area contributed by atoms with Gasteiger partial charge in [-0.15, -0.1) is 0 Å². The molecule has 6 heteroatoms. The molecule has 2 rings (SSSR count). The number of halogens is 1. The first-order chi connectivity index (χ1) is 9.88. The van der Waals surface area contributed by atoms with E-state index in [1.807, 2.05) is 18.7 Å². The number of nitrogen functional groups attached to an aromatic ring is 1. The maximum absolute atomic E-state index is 13.9. The normalized spacial score (nSPS) is 16.3. The molecule has 1 aliphatic rings. The molecule has 1 aromatic rings. The predicted molar refractivity (Wildman–Crippen MR) is 81.0 cm³/mol. The maximum atomic E-state index is 13.9. The van der Waals surface area contributed by atoms with Gasteiger partial charge in [-0.1, -0.05) is 0 Å². The van der Waals surface area contributed by atoms with Gasteiger partial charge in [-0.25, -0.2) is 4.39 Å². The third-order valence-electron chi connectivity index (χ3n) is 3.46. The van der Waals surface area contributed by atoms with Crippen LogP contribution in [-0.2, 0) is 4.79 Å². The topological polar surface area (TPSA) is 58.8 Å². The van der Waals surface area contributed by atoms with Crippen LogP contribution in [-0.4, -0.2) is 43.6 Å². The molecule has 21 heavy (non-hydrogen) atoms. The summed E-state index contributed by atoms with van der Waals surface area (Å²) < 4.78 is 19.3. The minimum Gasteiger partial charge on any atom is -0.488 e. The number of benzene rings is 1. The average Bonchev–Trinajstić information content (AvgIpc) is 2.55. The molecular weight excluding hydrogens is 273 g/mol. The summed E-state index contributed by atoms with van der Waals surface area (Å²) in [5.74, 6) is -0.287. The number of ether oxygens (including phenoxy) is 1. The SMILES string of the molecule is CC(C)Oc1cc(N2CCCN(C)C(=O)C2)c(N)cc1F. The van der Waals surface area contributed by atoms with Crippen molar-refractivity contribution in [2.24, 2.45) is 0 Å². The Morgan fingerprint density at radius 2 is 2.05 bits per heavy atom. The zero-order valence-electron chi connectivity index (χ0n) is 12.7. The Labute approximate surface area is 124 Å². The quantitative estimate of drug-likeness (QED) is 0.865. The van der Waals surface area contributed by atoms with Crippen LogP contribution >= 0.6 is 0 Å². The molecule has 1 saturated heterocycles. The third kappa shape index (κ3) is 3.56. The third-order valence-corrected chi connectivity index (χ3v) is 3.46. The molecule has 0 radical (unpaired) electrons. The van der Waals surface area contributed by atoms with Crippen LogP contribution in [0.2, 0.25) is 0 Å². The fourth-order valence-corrected chi connectivity index (χ4v) is 2.37. The average molecular weight is 295 g/mol. The molecule has 0 unspecified atom stereocenters. The minimum atomic E-state index is -0.483. The lowest BCUT2D eigenvalue weighted by Gasteiger charge is -2.24. The molecule has 1 heterocycles. The van der Waals surface area contributed by atoms with E-state index in [2.05, 4.69) is 0 Å². The molecule has 0 spiro atoms. The first kappa shape index (κ1) is 15.4. The Balaban J connectivity index is 2.31. The lowest BCUT2D eigenvalue weighted by molar-refractivity contribution is -0.127. The van der Waals surface area contributed by atoms with Crippen LogP contribution < -0.4 is 15.4 Å². The van der Waals surface area contributed by atoms with Gasteiger partial charge in [0.15, 0.2) is 11.6 Å². The van der Waals surface area contributed by atoms with Crippen LogP contribution in [0.4, 0.5) is 15.8 Å². The lowest BCUT2D eigenvalue weighted by Crippen LogP contribution is -2.34. The van der Waals surface area contributed by atoms with E-state index < -0.39 is 5.82 Å². The lowest BCUT2D eigenvalue weighted by atomic mass is 10.2. The number of nitrogens with zero attached hydrogens (tertiary/aromatic N) is 2. The summed E-state index contributed by atoms with van der Waals surface area (Å²) in [5.41, 5.74) is 6.89. The first-order valence-electron chi connectivity index (χ1n) is 7.13. The molecule has 5 nitrogen and oxygen atoms in total. The number of anilines is 2. The van der Waals surface area contributed by atoms with Crippen molar-refractivity contribution in [3.63, 3.8) is 0 Å². The van der Waals surface area contributed by atoms with E-state index in [0.29, 0.717) is 24.5 Å². The van der Waals surface area contributed by atoms with Crippen LogP contribution in [0, 0.1) is 5.82 Å². The number of amides is 1. The number of likely N-dealkylation sites (N-methyl/N-ethyl adjacent to an activating group) is 1. The number of hydrogen-bond donors (Lipinski definition) is 1. The summed E-state index contributed by atoms with van der Waals surface area (Å²) in [5, 5.41) is 0. The predicted octanol–water partition coefficient (Wildman–Crippen LogP) is 1.86. The summed E-state index contributed by atoms with van der Waals surface area (Å²) >= 11 is 0. The molecule has 0 aromatic heterocycles. The van der Waals surface area contributed by atoms with Gasteiger partial charge in [0.1, 0.15) is 0 Å². The molecule has 0 bridgehead atoms. The summed E-state index contributed by atoms with van der Waals surface area (Å²) in [4.78, 5) is 15.6. The Bertz CT molecular complexity index is 534. The molecular formula is C15H22FN3O2. The molecule has 116 valence electrons. The van der Waals surface area contributed by atoms with Crippen LogP contribution in [0.3, 0.4) is 0 Å². The van der Waals surface area contributed by atoms with E-state index in [1.54, 1.807) is 18.0 Å². The van der Waals surface area contributed by atoms with Crippen LogP contribution in [0.5, 0.6) is 5.75 Å². The van der Waals surface area contributed by atoms with E-state index in [1.165, 1.54) is 6.07 Å². The summed E-state index contributed by atoms with van der Waals surface area (Å²) in [6.07, 6.45) is 0.715. The fraction of sp³-hybridized carbons (Fsp3) is 0.533. The number of rotatable bonds is 3. The van der Waals surface area contributed by atoms with Gasteiger partial charge >= 0.3 is 0 Å². The highest BCUT2D eigenvalue weighted by atomic mass is 19.1. The van der Waals surface area contributed by atoms with Gasteiger partial charge in [0.05, 0.1) is 24.0 Å². The highest BCUT2D eigenvalue weighted by Gasteiger charge is 2.22. The molecule has 0 atom stereocenters. The van der Waals surface area contributed by atoms with Gasteiger partial charge in [0.25, 0.3) is 0 Å². The highest BCUT2D eigenvalue weighted by molar-refractivity contribution is 5.83. The van der Waals surface area contributed by atoms with E-state index in [4.69, 9.17) is 10.5 Å².